The van der Waals surface area contributed by atoms with Crippen LogP contribution < -0.4 is 21.3 Å². The van der Waals surface area contributed by atoms with E-state index in [0.717, 1.165) is 49.8 Å². The van der Waals surface area contributed by atoms with E-state index in [1.807, 2.05) is 19.9 Å². The predicted molar refractivity (Wildman–Crippen MR) is 116 cm³/mol. The zero-order valence-corrected chi connectivity index (χ0v) is 17.6. The van der Waals surface area contributed by atoms with Gasteiger partial charge in [-0.15, -0.1) is 0 Å². The van der Waals surface area contributed by atoms with Gasteiger partial charge in [0.1, 0.15) is 0 Å². The van der Waals surface area contributed by atoms with Crippen LogP contribution in [0.2, 0.25) is 0 Å². The maximum absolute atomic E-state index is 13.1. The first-order valence-corrected chi connectivity index (χ1v) is 10.7. The molecule has 0 spiro atoms. The molecule has 5 N–H and O–H groups in total. The number of nitrogens with one attached hydrogen (secondary N) is 2. The third-order valence-electron chi connectivity index (χ3n) is 6.31. The van der Waals surface area contributed by atoms with Gasteiger partial charge < -0.3 is 26.4 Å². The first-order chi connectivity index (χ1) is 13.3. The Morgan fingerprint density at radius 3 is 2.50 bits per heavy atom. The van der Waals surface area contributed by atoms with Crippen molar-refractivity contribution in [1.82, 2.24) is 5.32 Å². The second-order valence-electron chi connectivity index (χ2n) is 8.90. The van der Waals surface area contributed by atoms with E-state index in [1.165, 1.54) is 12.8 Å². The minimum Gasteiger partial charge on any atom is -0.397 e. The van der Waals surface area contributed by atoms with Crippen molar-refractivity contribution in [2.45, 2.75) is 70.9 Å². The molecule has 1 aromatic carbocycles. The number of amides is 1. The number of piperidine rings is 1. The van der Waals surface area contributed by atoms with Crippen molar-refractivity contribution in [2.75, 3.05) is 35.6 Å². The topological polar surface area (TPSA) is 90.6 Å². The number of aliphatic hydroxyl groups is 1. The summed E-state index contributed by atoms with van der Waals surface area (Å²) in [6.45, 7) is 8.41. The highest BCUT2D eigenvalue weighted by Gasteiger charge is 2.30. The van der Waals surface area contributed by atoms with Crippen molar-refractivity contribution in [3.05, 3.63) is 17.7 Å². The third-order valence-corrected chi connectivity index (χ3v) is 6.31. The molecular weight excluding hydrogens is 352 g/mol. The minimum absolute atomic E-state index is 0.0402. The first kappa shape index (κ1) is 20.8. The van der Waals surface area contributed by atoms with Gasteiger partial charge in [0.15, 0.2) is 0 Å². The molecule has 1 aromatic rings. The van der Waals surface area contributed by atoms with E-state index in [4.69, 9.17) is 5.73 Å². The lowest BCUT2D eigenvalue weighted by molar-refractivity contribution is 0.0351. The summed E-state index contributed by atoms with van der Waals surface area (Å²) in [7, 11) is 0. The standard InChI is InChI=1S/C22H36N4O2/c1-4-24-19-14-20(26-11-9-22(3,28)10-12-26)17(13-18(19)23)21(27)25-16-7-5-15(2)6-8-16/h13-16,24,28H,4-12,23H2,1-3H3,(H,25,27). The fourth-order valence-electron chi connectivity index (χ4n) is 4.29. The third kappa shape index (κ3) is 4.90. The van der Waals surface area contributed by atoms with Crippen LogP contribution in [-0.4, -0.2) is 42.3 Å². The van der Waals surface area contributed by atoms with E-state index in [0.29, 0.717) is 24.1 Å². The van der Waals surface area contributed by atoms with Gasteiger partial charge in [-0.2, -0.15) is 0 Å². The number of anilines is 3. The quantitative estimate of drug-likeness (QED) is 0.581. The summed E-state index contributed by atoms with van der Waals surface area (Å²) in [6, 6.07) is 4.05. The van der Waals surface area contributed by atoms with Crippen LogP contribution in [0.5, 0.6) is 0 Å². The largest absolute Gasteiger partial charge is 0.397 e. The number of nitrogens with two attached hydrogens (primary N) is 1. The van der Waals surface area contributed by atoms with Crippen LogP contribution in [0, 0.1) is 5.92 Å². The van der Waals surface area contributed by atoms with Gasteiger partial charge in [-0.25, -0.2) is 0 Å². The smallest absolute Gasteiger partial charge is 0.253 e. The SMILES string of the molecule is CCNc1cc(N2CCC(C)(O)CC2)c(C(=O)NC2CCC(C)CC2)cc1N. The molecule has 1 saturated heterocycles. The molecular formula is C22H36N4O2. The van der Waals surface area contributed by atoms with E-state index in [1.54, 1.807) is 6.07 Å². The van der Waals surface area contributed by atoms with E-state index in [-0.39, 0.29) is 11.9 Å². The number of hydrogen-bond acceptors (Lipinski definition) is 5. The van der Waals surface area contributed by atoms with Crippen LogP contribution in [0.3, 0.4) is 0 Å². The van der Waals surface area contributed by atoms with Gasteiger partial charge in [-0.05, 0) is 70.4 Å². The molecule has 1 saturated carbocycles. The molecule has 28 heavy (non-hydrogen) atoms. The van der Waals surface area contributed by atoms with Gasteiger partial charge in [0, 0.05) is 25.7 Å². The van der Waals surface area contributed by atoms with E-state index >= 15 is 0 Å². The van der Waals surface area contributed by atoms with Crippen molar-refractivity contribution < 1.29 is 9.90 Å². The molecule has 0 aromatic heterocycles. The average Bonchev–Trinajstić information content (AvgIpc) is 2.65. The minimum atomic E-state index is -0.629. The Hall–Kier alpha value is -1.95. The Labute approximate surface area is 168 Å². The summed E-state index contributed by atoms with van der Waals surface area (Å²) in [5.41, 5.74) is 8.60. The van der Waals surface area contributed by atoms with Gasteiger partial charge >= 0.3 is 0 Å². The highest BCUT2D eigenvalue weighted by molar-refractivity contribution is 6.02. The molecule has 6 heteroatoms. The summed E-state index contributed by atoms with van der Waals surface area (Å²) in [4.78, 5) is 15.3. The fraction of sp³-hybridized carbons (Fsp3) is 0.682. The Morgan fingerprint density at radius 1 is 1.25 bits per heavy atom. The summed E-state index contributed by atoms with van der Waals surface area (Å²) in [5.74, 6) is 0.710. The van der Waals surface area contributed by atoms with Crippen molar-refractivity contribution >= 4 is 23.0 Å². The van der Waals surface area contributed by atoms with Crippen LogP contribution in [0.1, 0.15) is 69.7 Å². The van der Waals surface area contributed by atoms with E-state index < -0.39 is 5.60 Å². The number of hydrogen-bond donors (Lipinski definition) is 4. The van der Waals surface area contributed by atoms with Gasteiger partial charge in [-0.1, -0.05) is 6.92 Å². The Morgan fingerprint density at radius 2 is 1.89 bits per heavy atom. The van der Waals surface area contributed by atoms with Gasteiger partial charge in [0.05, 0.1) is 28.2 Å². The molecule has 1 aliphatic heterocycles. The molecule has 1 aliphatic carbocycles. The summed E-state index contributed by atoms with van der Waals surface area (Å²) in [6.07, 6.45) is 5.80. The van der Waals surface area contributed by atoms with E-state index in [2.05, 4.69) is 22.5 Å². The normalized spacial score (nSPS) is 24.6. The molecule has 3 rings (SSSR count). The molecule has 156 valence electrons. The Kier molecular flexibility index (Phi) is 6.38. The second kappa shape index (κ2) is 8.60. The molecule has 6 nitrogen and oxygen atoms in total. The first-order valence-electron chi connectivity index (χ1n) is 10.7. The number of carbonyl (C=O) groups excluding carboxylic acids is 1. The molecule has 0 unspecified atom stereocenters. The van der Waals surface area contributed by atoms with Crippen molar-refractivity contribution in [3.8, 4) is 0 Å². The van der Waals surface area contributed by atoms with Crippen LogP contribution >= 0.6 is 0 Å². The Bertz CT molecular complexity index is 686. The number of benzene rings is 1. The van der Waals surface area contributed by atoms with E-state index in [9.17, 15) is 9.90 Å². The van der Waals surface area contributed by atoms with Crippen LogP contribution in [0.15, 0.2) is 12.1 Å². The zero-order valence-electron chi connectivity index (χ0n) is 17.6. The average molecular weight is 389 g/mol. The lowest BCUT2D eigenvalue weighted by Crippen LogP contribution is -2.44. The van der Waals surface area contributed by atoms with Crippen LogP contribution in [0.25, 0.3) is 0 Å². The lowest BCUT2D eigenvalue weighted by Gasteiger charge is -2.38. The number of carbonyl (C=O) groups is 1. The highest BCUT2D eigenvalue weighted by Crippen LogP contribution is 2.34. The molecule has 2 aliphatic rings. The number of nitrogens with zero attached hydrogens (tertiary/aromatic N) is 1. The van der Waals surface area contributed by atoms with Crippen molar-refractivity contribution in [1.29, 1.82) is 0 Å². The lowest BCUT2D eigenvalue weighted by atomic mass is 9.87. The summed E-state index contributed by atoms with van der Waals surface area (Å²) < 4.78 is 0. The number of nitrogen functional groups attached to an aromatic ring is 1. The predicted octanol–water partition coefficient (Wildman–Crippen LogP) is 3.36. The summed E-state index contributed by atoms with van der Waals surface area (Å²) >= 11 is 0. The summed E-state index contributed by atoms with van der Waals surface area (Å²) in [5, 5.41) is 16.8. The van der Waals surface area contributed by atoms with Crippen molar-refractivity contribution in [2.24, 2.45) is 5.92 Å². The molecule has 0 bridgehead atoms. The maximum Gasteiger partial charge on any atom is 0.253 e. The number of rotatable bonds is 5. The second-order valence-corrected chi connectivity index (χ2v) is 8.90. The van der Waals surface area contributed by atoms with Crippen LogP contribution in [0.4, 0.5) is 17.1 Å². The molecule has 2 fully saturated rings. The monoisotopic (exact) mass is 388 g/mol. The van der Waals surface area contributed by atoms with Crippen LogP contribution in [-0.2, 0) is 0 Å². The maximum atomic E-state index is 13.1. The Balaban J connectivity index is 1.84. The molecule has 0 atom stereocenters. The molecule has 0 radical (unpaired) electrons. The zero-order chi connectivity index (χ0) is 20.3. The van der Waals surface area contributed by atoms with Gasteiger partial charge in [0.2, 0.25) is 0 Å². The molecule has 1 heterocycles. The van der Waals surface area contributed by atoms with Gasteiger partial charge in [-0.3, -0.25) is 4.79 Å². The van der Waals surface area contributed by atoms with Crippen molar-refractivity contribution in [3.63, 3.8) is 0 Å². The fourth-order valence-corrected chi connectivity index (χ4v) is 4.29. The highest BCUT2D eigenvalue weighted by atomic mass is 16.3. The molecule has 1 amide bonds. The van der Waals surface area contributed by atoms with Gasteiger partial charge in [0.25, 0.3) is 5.91 Å².